The first kappa shape index (κ1) is 14.9. The first-order valence-corrected chi connectivity index (χ1v) is 7.33. The summed E-state index contributed by atoms with van der Waals surface area (Å²) < 4.78 is 5.87. The second kappa shape index (κ2) is 6.75. The van der Waals surface area contributed by atoms with E-state index in [0.29, 0.717) is 0 Å². The number of carbonyl (C=O) groups excluding carboxylic acids is 1. The first-order chi connectivity index (χ1) is 9.61. The molecule has 0 N–H and O–H groups in total. The van der Waals surface area contributed by atoms with Gasteiger partial charge in [0.15, 0.2) is 6.10 Å². The number of carbonyl (C=O) groups is 1. The van der Waals surface area contributed by atoms with Crippen LogP contribution >= 0.6 is 0 Å². The van der Waals surface area contributed by atoms with Crippen molar-refractivity contribution < 1.29 is 9.53 Å². The Bertz CT molecular complexity index is 454. The first-order valence-electron chi connectivity index (χ1n) is 7.33. The Labute approximate surface area is 121 Å². The zero-order chi connectivity index (χ0) is 14.5. The molecule has 1 saturated heterocycles. The van der Waals surface area contributed by atoms with Gasteiger partial charge in [0.2, 0.25) is 0 Å². The van der Waals surface area contributed by atoms with Gasteiger partial charge in [-0.25, -0.2) is 0 Å². The Balaban J connectivity index is 1.97. The minimum absolute atomic E-state index is 0.0870. The smallest absolute Gasteiger partial charge is 0.263 e. The van der Waals surface area contributed by atoms with Gasteiger partial charge in [-0.15, -0.1) is 0 Å². The van der Waals surface area contributed by atoms with Crippen LogP contribution in [0.15, 0.2) is 24.3 Å². The van der Waals surface area contributed by atoms with Crippen LogP contribution in [0.4, 0.5) is 0 Å². The number of hydrogen-bond donors (Lipinski definition) is 0. The van der Waals surface area contributed by atoms with E-state index >= 15 is 0 Å². The molecule has 1 amide bonds. The van der Waals surface area contributed by atoms with Crippen molar-refractivity contribution in [1.82, 2.24) is 9.80 Å². The predicted molar refractivity (Wildman–Crippen MR) is 80.0 cm³/mol. The predicted octanol–water partition coefficient (Wildman–Crippen LogP) is 1.79. The Morgan fingerprint density at radius 1 is 1.25 bits per heavy atom. The molecular weight excluding hydrogens is 252 g/mol. The van der Waals surface area contributed by atoms with Crippen molar-refractivity contribution in [3.8, 4) is 5.75 Å². The lowest BCUT2D eigenvalue weighted by atomic mass is 10.1. The van der Waals surface area contributed by atoms with Crippen molar-refractivity contribution >= 4 is 5.91 Å². The molecule has 4 heteroatoms. The van der Waals surface area contributed by atoms with Gasteiger partial charge in [-0.05, 0) is 32.0 Å². The van der Waals surface area contributed by atoms with Gasteiger partial charge in [-0.1, -0.05) is 25.1 Å². The van der Waals surface area contributed by atoms with E-state index in [0.717, 1.165) is 43.9 Å². The lowest BCUT2D eigenvalue weighted by Gasteiger charge is -2.34. The number of piperazine rings is 1. The van der Waals surface area contributed by atoms with Crippen LogP contribution in [0.3, 0.4) is 0 Å². The van der Waals surface area contributed by atoms with E-state index in [-0.39, 0.29) is 5.91 Å². The molecule has 1 aliphatic rings. The van der Waals surface area contributed by atoms with Gasteiger partial charge in [0.25, 0.3) is 5.91 Å². The maximum Gasteiger partial charge on any atom is 0.263 e. The topological polar surface area (TPSA) is 32.8 Å². The Kier molecular flexibility index (Phi) is 5.01. The van der Waals surface area contributed by atoms with Crippen LogP contribution in [-0.4, -0.2) is 55.0 Å². The van der Waals surface area contributed by atoms with E-state index in [4.69, 9.17) is 4.74 Å². The molecular formula is C16H24N2O2. The Hall–Kier alpha value is -1.55. The fraction of sp³-hybridized carbons (Fsp3) is 0.562. The Morgan fingerprint density at radius 2 is 1.90 bits per heavy atom. The molecule has 0 spiro atoms. The lowest BCUT2D eigenvalue weighted by Crippen LogP contribution is -2.50. The Morgan fingerprint density at radius 3 is 2.55 bits per heavy atom. The van der Waals surface area contributed by atoms with Crippen molar-refractivity contribution in [2.24, 2.45) is 0 Å². The van der Waals surface area contributed by atoms with E-state index in [2.05, 4.69) is 18.9 Å². The summed E-state index contributed by atoms with van der Waals surface area (Å²) in [6.07, 6.45) is 0.483. The number of aryl methyl sites for hydroxylation is 1. The van der Waals surface area contributed by atoms with Gasteiger partial charge >= 0.3 is 0 Å². The van der Waals surface area contributed by atoms with E-state index in [1.807, 2.05) is 36.1 Å². The number of nitrogens with zero attached hydrogens (tertiary/aromatic N) is 2. The molecule has 0 saturated carbocycles. The van der Waals surface area contributed by atoms with E-state index in [1.165, 1.54) is 0 Å². The van der Waals surface area contributed by atoms with Crippen molar-refractivity contribution in [3.63, 3.8) is 0 Å². The maximum atomic E-state index is 12.4. The third-order valence-corrected chi connectivity index (χ3v) is 3.82. The summed E-state index contributed by atoms with van der Waals surface area (Å²) >= 11 is 0. The van der Waals surface area contributed by atoms with Gasteiger partial charge in [0, 0.05) is 26.2 Å². The molecule has 0 bridgehead atoms. The zero-order valence-electron chi connectivity index (χ0n) is 12.6. The normalized spacial score (nSPS) is 17.9. The highest BCUT2D eigenvalue weighted by Crippen LogP contribution is 2.20. The average Bonchev–Trinajstić information content (AvgIpc) is 2.48. The van der Waals surface area contributed by atoms with E-state index < -0.39 is 6.10 Å². The summed E-state index contributed by atoms with van der Waals surface area (Å²) in [6, 6.07) is 7.93. The SMILES string of the molecule is CCc1ccccc1O[C@@H](C)C(=O)N1CCN(C)CC1. The zero-order valence-corrected chi connectivity index (χ0v) is 12.6. The molecule has 1 atom stereocenters. The van der Waals surface area contributed by atoms with Crippen LogP contribution in [-0.2, 0) is 11.2 Å². The largest absolute Gasteiger partial charge is 0.481 e. The molecule has 4 nitrogen and oxygen atoms in total. The van der Waals surface area contributed by atoms with E-state index in [1.54, 1.807) is 0 Å². The fourth-order valence-corrected chi connectivity index (χ4v) is 2.44. The van der Waals surface area contributed by atoms with Gasteiger partial charge in [-0.2, -0.15) is 0 Å². The molecule has 0 aromatic heterocycles. The van der Waals surface area contributed by atoms with Crippen molar-refractivity contribution in [2.45, 2.75) is 26.4 Å². The number of rotatable bonds is 4. The van der Waals surface area contributed by atoms with Crippen LogP contribution < -0.4 is 4.74 Å². The monoisotopic (exact) mass is 276 g/mol. The molecule has 1 heterocycles. The number of ether oxygens (including phenoxy) is 1. The summed E-state index contributed by atoms with van der Waals surface area (Å²) in [5.41, 5.74) is 1.14. The molecule has 20 heavy (non-hydrogen) atoms. The highest BCUT2D eigenvalue weighted by atomic mass is 16.5. The average molecular weight is 276 g/mol. The van der Waals surface area contributed by atoms with Crippen LogP contribution in [0.2, 0.25) is 0 Å². The molecule has 2 rings (SSSR count). The summed E-state index contributed by atoms with van der Waals surface area (Å²) in [4.78, 5) is 16.5. The van der Waals surface area contributed by atoms with Crippen molar-refractivity contribution in [3.05, 3.63) is 29.8 Å². The summed E-state index contributed by atoms with van der Waals surface area (Å²) in [5, 5.41) is 0. The molecule has 0 radical (unpaired) electrons. The lowest BCUT2D eigenvalue weighted by molar-refractivity contribution is -0.139. The van der Waals surface area contributed by atoms with Crippen molar-refractivity contribution in [1.29, 1.82) is 0 Å². The van der Waals surface area contributed by atoms with Gasteiger partial charge < -0.3 is 14.5 Å². The van der Waals surface area contributed by atoms with E-state index in [9.17, 15) is 4.79 Å². The highest BCUT2D eigenvalue weighted by molar-refractivity contribution is 5.81. The molecule has 1 fully saturated rings. The number of hydrogen-bond acceptors (Lipinski definition) is 3. The molecule has 1 aliphatic heterocycles. The second-order valence-electron chi connectivity index (χ2n) is 5.35. The number of amides is 1. The van der Waals surface area contributed by atoms with Gasteiger partial charge in [0.1, 0.15) is 5.75 Å². The summed E-state index contributed by atoms with van der Waals surface area (Å²) in [6.45, 7) is 7.38. The minimum Gasteiger partial charge on any atom is -0.481 e. The minimum atomic E-state index is -0.425. The molecule has 1 aromatic carbocycles. The van der Waals surface area contributed by atoms with Crippen LogP contribution in [0.25, 0.3) is 0 Å². The molecule has 110 valence electrons. The van der Waals surface area contributed by atoms with Crippen LogP contribution in [0, 0.1) is 0 Å². The second-order valence-corrected chi connectivity index (χ2v) is 5.35. The van der Waals surface area contributed by atoms with Crippen LogP contribution in [0.5, 0.6) is 5.75 Å². The van der Waals surface area contributed by atoms with Gasteiger partial charge in [0.05, 0.1) is 0 Å². The van der Waals surface area contributed by atoms with Crippen molar-refractivity contribution in [2.75, 3.05) is 33.2 Å². The standard InChI is InChI=1S/C16H24N2O2/c1-4-14-7-5-6-8-15(14)20-13(2)16(19)18-11-9-17(3)10-12-18/h5-8,13H,4,9-12H2,1-3H3/t13-/m0/s1. The van der Waals surface area contributed by atoms with Crippen LogP contribution in [0.1, 0.15) is 19.4 Å². The number of para-hydroxylation sites is 1. The molecule has 0 aliphatic carbocycles. The third kappa shape index (κ3) is 3.51. The quantitative estimate of drug-likeness (QED) is 0.840. The highest BCUT2D eigenvalue weighted by Gasteiger charge is 2.25. The van der Waals surface area contributed by atoms with Gasteiger partial charge in [-0.3, -0.25) is 4.79 Å². The third-order valence-electron chi connectivity index (χ3n) is 3.82. The molecule has 1 aromatic rings. The fourth-order valence-electron chi connectivity index (χ4n) is 2.44. The number of benzene rings is 1. The maximum absolute atomic E-state index is 12.4. The summed E-state index contributed by atoms with van der Waals surface area (Å²) in [7, 11) is 2.08. The molecule has 0 unspecified atom stereocenters. The summed E-state index contributed by atoms with van der Waals surface area (Å²) in [5.74, 6) is 0.911. The number of likely N-dealkylation sites (N-methyl/N-ethyl adjacent to an activating group) is 1.